The van der Waals surface area contributed by atoms with E-state index >= 15 is 0 Å². The highest BCUT2D eigenvalue weighted by molar-refractivity contribution is 7.10. The normalized spacial score (nSPS) is 15.3. The van der Waals surface area contributed by atoms with Crippen LogP contribution in [0.1, 0.15) is 37.0 Å². The van der Waals surface area contributed by atoms with Crippen LogP contribution >= 0.6 is 11.3 Å². The van der Waals surface area contributed by atoms with Gasteiger partial charge in [-0.15, -0.1) is 11.3 Å². The van der Waals surface area contributed by atoms with Gasteiger partial charge in [-0.3, -0.25) is 4.79 Å². The fourth-order valence-electron chi connectivity index (χ4n) is 2.91. The standard InChI is InChI=1S/C18H22N2O2S/c21-17(12-15-8-5-11-23-15)20-18-16(9-4-10-19-18)22-13-14-6-2-1-3-7-14/h4-5,8-11,14H,1-3,6-7,12-13H2,(H,19,20,21). The highest BCUT2D eigenvalue weighted by atomic mass is 32.1. The summed E-state index contributed by atoms with van der Waals surface area (Å²) in [6.07, 6.45) is 8.45. The Morgan fingerprint density at radius 3 is 2.91 bits per heavy atom. The zero-order valence-corrected chi connectivity index (χ0v) is 14.0. The monoisotopic (exact) mass is 330 g/mol. The molecule has 0 aliphatic heterocycles. The zero-order chi connectivity index (χ0) is 15.9. The van der Waals surface area contributed by atoms with Crippen LogP contribution in [-0.4, -0.2) is 17.5 Å². The molecule has 1 aliphatic carbocycles. The molecular formula is C18H22N2O2S. The second kappa shape index (κ2) is 8.11. The van der Waals surface area contributed by atoms with Crippen LogP contribution in [0.5, 0.6) is 5.75 Å². The number of carbonyl (C=O) groups is 1. The highest BCUT2D eigenvalue weighted by Crippen LogP contribution is 2.27. The van der Waals surface area contributed by atoms with E-state index < -0.39 is 0 Å². The first kappa shape index (κ1) is 16.0. The molecule has 2 heterocycles. The summed E-state index contributed by atoms with van der Waals surface area (Å²) in [5.41, 5.74) is 0. The van der Waals surface area contributed by atoms with Gasteiger partial charge in [0.15, 0.2) is 11.6 Å². The second-order valence-electron chi connectivity index (χ2n) is 5.97. The molecule has 0 spiro atoms. The predicted octanol–water partition coefficient (Wildman–Crippen LogP) is 4.28. The van der Waals surface area contributed by atoms with Gasteiger partial charge < -0.3 is 10.1 Å². The summed E-state index contributed by atoms with van der Waals surface area (Å²) in [5.74, 6) is 1.75. The lowest BCUT2D eigenvalue weighted by Gasteiger charge is -2.22. The van der Waals surface area contributed by atoms with Crippen molar-refractivity contribution in [2.24, 2.45) is 5.92 Å². The van der Waals surface area contributed by atoms with Crippen molar-refractivity contribution in [2.75, 3.05) is 11.9 Å². The molecular weight excluding hydrogens is 308 g/mol. The van der Waals surface area contributed by atoms with Gasteiger partial charge in [-0.1, -0.05) is 25.3 Å². The van der Waals surface area contributed by atoms with Crippen molar-refractivity contribution in [3.05, 3.63) is 40.7 Å². The van der Waals surface area contributed by atoms with Crippen molar-refractivity contribution < 1.29 is 9.53 Å². The Morgan fingerprint density at radius 2 is 2.13 bits per heavy atom. The highest BCUT2D eigenvalue weighted by Gasteiger charge is 2.16. The molecule has 0 bridgehead atoms. The largest absolute Gasteiger partial charge is 0.489 e. The summed E-state index contributed by atoms with van der Waals surface area (Å²) >= 11 is 1.58. The Labute approximate surface area is 140 Å². The first-order valence-corrected chi connectivity index (χ1v) is 9.09. The fourth-order valence-corrected chi connectivity index (χ4v) is 3.61. The van der Waals surface area contributed by atoms with E-state index in [0.29, 0.717) is 30.5 Å². The molecule has 1 fully saturated rings. The van der Waals surface area contributed by atoms with E-state index in [4.69, 9.17) is 4.74 Å². The van der Waals surface area contributed by atoms with Crippen LogP contribution in [0, 0.1) is 5.92 Å². The van der Waals surface area contributed by atoms with Gasteiger partial charge >= 0.3 is 0 Å². The van der Waals surface area contributed by atoms with E-state index in [2.05, 4.69) is 10.3 Å². The zero-order valence-electron chi connectivity index (χ0n) is 13.2. The Hall–Kier alpha value is -1.88. The number of rotatable bonds is 6. The third-order valence-corrected chi connectivity index (χ3v) is 5.02. The van der Waals surface area contributed by atoms with E-state index in [9.17, 15) is 4.79 Å². The van der Waals surface area contributed by atoms with Crippen molar-refractivity contribution in [1.82, 2.24) is 4.98 Å². The van der Waals surface area contributed by atoms with E-state index in [1.807, 2.05) is 29.6 Å². The number of pyridine rings is 1. The maximum absolute atomic E-state index is 12.1. The SMILES string of the molecule is O=C(Cc1cccs1)Nc1ncccc1OCC1CCCCC1. The number of thiophene rings is 1. The molecule has 2 aromatic heterocycles. The molecule has 1 N–H and O–H groups in total. The number of aromatic nitrogens is 1. The maximum Gasteiger partial charge on any atom is 0.230 e. The minimum absolute atomic E-state index is 0.0614. The summed E-state index contributed by atoms with van der Waals surface area (Å²) in [5, 5.41) is 4.84. The average Bonchev–Trinajstić information content (AvgIpc) is 3.08. The third kappa shape index (κ3) is 4.79. The van der Waals surface area contributed by atoms with Crippen LogP contribution in [-0.2, 0) is 11.2 Å². The van der Waals surface area contributed by atoms with Crippen molar-refractivity contribution >= 4 is 23.1 Å². The molecule has 0 unspecified atom stereocenters. The topological polar surface area (TPSA) is 51.2 Å². The Kier molecular flexibility index (Phi) is 5.64. The summed E-state index contributed by atoms with van der Waals surface area (Å²) < 4.78 is 5.94. The van der Waals surface area contributed by atoms with Gasteiger partial charge in [-0.25, -0.2) is 4.98 Å². The smallest absolute Gasteiger partial charge is 0.230 e. The lowest BCUT2D eigenvalue weighted by atomic mass is 9.90. The van der Waals surface area contributed by atoms with Crippen LogP contribution in [0.15, 0.2) is 35.8 Å². The van der Waals surface area contributed by atoms with Crippen LogP contribution in [0.4, 0.5) is 5.82 Å². The van der Waals surface area contributed by atoms with Crippen LogP contribution in [0.25, 0.3) is 0 Å². The Bertz CT molecular complexity index is 622. The quantitative estimate of drug-likeness (QED) is 0.860. The van der Waals surface area contributed by atoms with Crippen LogP contribution in [0.3, 0.4) is 0 Å². The molecule has 1 saturated carbocycles. The van der Waals surface area contributed by atoms with Gasteiger partial charge in [0.1, 0.15) is 0 Å². The molecule has 4 nitrogen and oxygen atoms in total. The van der Waals surface area contributed by atoms with Gasteiger partial charge in [0.05, 0.1) is 13.0 Å². The summed E-state index contributed by atoms with van der Waals surface area (Å²) in [7, 11) is 0. The Balaban J connectivity index is 1.57. The molecule has 0 aromatic carbocycles. The maximum atomic E-state index is 12.1. The number of hydrogen-bond donors (Lipinski definition) is 1. The molecule has 0 atom stereocenters. The average molecular weight is 330 g/mol. The van der Waals surface area contributed by atoms with E-state index in [1.165, 1.54) is 32.1 Å². The van der Waals surface area contributed by atoms with Crippen molar-refractivity contribution in [3.8, 4) is 5.75 Å². The number of anilines is 1. The molecule has 3 rings (SSSR count). The third-order valence-electron chi connectivity index (χ3n) is 4.14. The lowest BCUT2D eigenvalue weighted by molar-refractivity contribution is -0.115. The molecule has 0 radical (unpaired) electrons. The number of hydrogen-bond acceptors (Lipinski definition) is 4. The number of carbonyl (C=O) groups excluding carboxylic acids is 1. The molecule has 122 valence electrons. The number of amides is 1. The van der Waals surface area contributed by atoms with Gasteiger partial charge in [-0.05, 0) is 42.3 Å². The summed E-state index contributed by atoms with van der Waals surface area (Å²) in [6.45, 7) is 0.708. The summed E-state index contributed by atoms with van der Waals surface area (Å²) in [4.78, 5) is 17.4. The van der Waals surface area contributed by atoms with Crippen molar-refractivity contribution in [1.29, 1.82) is 0 Å². The van der Waals surface area contributed by atoms with Gasteiger partial charge in [-0.2, -0.15) is 0 Å². The first-order valence-electron chi connectivity index (χ1n) is 8.21. The Morgan fingerprint density at radius 1 is 1.26 bits per heavy atom. The number of nitrogens with zero attached hydrogens (tertiary/aromatic N) is 1. The van der Waals surface area contributed by atoms with E-state index in [1.54, 1.807) is 17.5 Å². The predicted molar refractivity (Wildman–Crippen MR) is 93.0 cm³/mol. The van der Waals surface area contributed by atoms with Gasteiger partial charge in [0.25, 0.3) is 0 Å². The molecule has 2 aromatic rings. The van der Waals surface area contributed by atoms with Crippen LogP contribution < -0.4 is 10.1 Å². The first-order chi connectivity index (χ1) is 11.3. The van der Waals surface area contributed by atoms with Crippen molar-refractivity contribution in [3.63, 3.8) is 0 Å². The number of ether oxygens (including phenoxy) is 1. The minimum Gasteiger partial charge on any atom is -0.489 e. The molecule has 1 aliphatic rings. The van der Waals surface area contributed by atoms with Crippen molar-refractivity contribution in [2.45, 2.75) is 38.5 Å². The van der Waals surface area contributed by atoms with E-state index in [0.717, 1.165) is 4.88 Å². The molecule has 5 heteroatoms. The lowest BCUT2D eigenvalue weighted by Crippen LogP contribution is -2.18. The summed E-state index contributed by atoms with van der Waals surface area (Å²) in [6, 6.07) is 7.62. The minimum atomic E-state index is -0.0614. The molecule has 23 heavy (non-hydrogen) atoms. The fraction of sp³-hybridized carbons (Fsp3) is 0.444. The van der Waals surface area contributed by atoms with Gasteiger partial charge in [0.2, 0.25) is 5.91 Å². The molecule has 0 saturated heterocycles. The second-order valence-corrected chi connectivity index (χ2v) is 7.00. The van der Waals surface area contributed by atoms with E-state index in [-0.39, 0.29) is 5.91 Å². The van der Waals surface area contributed by atoms with Crippen LogP contribution in [0.2, 0.25) is 0 Å². The number of nitrogens with one attached hydrogen (secondary N) is 1. The van der Waals surface area contributed by atoms with Gasteiger partial charge in [0, 0.05) is 11.1 Å². The molecule has 1 amide bonds.